The summed E-state index contributed by atoms with van der Waals surface area (Å²) in [4.78, 5) is 0. The van der Waals surface area contributed by atoms with E-state index >= 15 is 0 Å². The van der Waals surface area contributed by atoms with E-state index in [-0.39, 0.29) is 0 Å². The second-order valence-electron chi connectivity index (χ2n) is 3.14. The summed E-state index contributed by atoms with van der Waals surface area (Å²) >= 11 is 0. The Morgan fingerprint density at radius 3 is 2.20 bits per heavy atom. The maximum atomic E-state index is 12.2. The van der Waals surface area contributed by atoms with Crippen LogP contribution in [0.1, 0.15) is 18.1 Å². The van der Waals surface area contributed by atoms with E-state index in [1.807, 2.05) is 6.92 Å². The molecule has 0 aliphatic carbocycles. The minimum absolute atomic E-state index is 0.544. The van der Waals surface area contributed by atoms with Crippen LogP contribution in [0, 0.1) is 0 Å². The van der Waals surface area contributed by atoms with Crippen molar-refractivity contribution in [3.8, 4) is 0 Å². The summed E-state index contributed by atoms with van der Waals surface area (Å²) in [6, 6.07) is 5.17. The standard InChI is InChI=1S/C11H13F3O/c1-2-15-8-7-9-3-5-10(6-4-9)11(12,13)14/h3-6H,2,7-8H2,1H3. The van der Waals surface area contributed by atoms with Gasteiger partial charge in [-0.25, -0.2) is 0 Å². The molecule has 0 aromatic heterocycles. The summed E-state index contributed by atoms with van der Waals surface area (Å²) in [5, 5.41) is 0. The number of benzene rings is 1. The average molecular weight is 218 g/mol. The van der Waals surface area contributed by atoms with Crippen molar-refractivity contribution in [3.63, 3.8) is 0 Å². The van der Waals surface area contributed by atoms with Gasteiger partial charge in [-0.1, -0.05) is 12.1 Å². The van der Waals surface area contributed by atoms with Crippen LogP contribution in [-0.4, -0.2) is 13.2 Å². The van der Waals surface area contributed by atoms with Crippen molar-refractivity contribution < 1.29 is 17.9 Å². The van der Waals surface area contributed by atoms with E-state index in [2.05, 4.69) is 0 Å². The van der Waals surface area contributed by atoms with E-state index < -0.39 is 11.7 Å². The van der Waals surface area contributed by atoms with Crippen molar-refractivity contribution in [3.05, 3.63) is 35.4 Å². The summed E-state index contributed by atoms with van der Waals surface area (Å²) in [6.07, 6.45) is -3.61. The first kappa shape index (κ1) is 12.0. The predicted molar refractivity (Wildman–Crippen MR) is 51.6 cm³/mol. The molecule has 0 atom stereocenters. The lowest BCUT2D eigenvalue weighted by atomic mass is 10.1. The molecule has 84 valence electrons. The van der Waals surface area contributed by atoms with Gasteiger partial charge in [0.1, 0.15) is 0 Å². The third-order valence-corrected chi connectivity index (χ3v) is 2.02. The lowest BCUT2D eigenvalue weighted by molar-refractivity contribution is -0.137. The second-order valence-corrected chi connectivity index (χ2v) is 3.14. The zero-order valence-corrected chi connectivity index (χ0v) is 8.47. The van der Waals surface area contributed by atoms with E-state index in [1.54, 1.807) is 0 Å². The van der Waals surface area contributed by atoms with Crippen LogP contribution in [0.2, 0.25) is 0 Å². The van der Waals surface area contributed by atoms with E-state index in [4.69, 9.17) is 4.74 Å². The number of hydrogen-bond donors (Lipinski definition) is 0. The molecule has 0 unspecified atom stereocenters. The van der Waals surface area contributed by atoms with Gasteiger partial charge in [-0.15, -0.1) is 0 Å². The minimum Gasteiger partial charge on any atom is -0.381 e. The maximum Gasteiger partial charge on any atom is 0.416 e. The third kappa shape index (κ3) is 3.91. The first-order valence-electron chi connectivity index (χ1n) is 4.78. The number of ether oxygens (including phenoxy) is 1. The molecule has 0 radical (unpaired) electrons. The molecule has 0 amide bonds. The third-order valence-electron chi connectivity index (χ3n) is 2.02. The Morgan fingerprint density at radius 2 is 1.73 bits per heavy atom. The molecule has 0 aliphatic heterocycles. The largest absolute Gasteiger partial charge is 0.416 e. The second kappa shape index (κ2) is 5.16. The fraction of sp³-hybridized carbons (Fsp3) is 0.455. The van der Waals surface area contributed by atoms with Gasteiger partial charge in [-0.05, 0) is 31.0 Å². The van der Waals surface area contributed by atoms with Crippen molar-refractivity contribution >= 4 is 0 Å². The quantitative estimate of drug-likeness (QED) is 0.704. The molecule has 1 aromatic rings. The van der Waals surface area contributed by atoms with Crippen LogP contribution in [0.25, 0.3) is 0 Å². The lowest BCUT2D eigenvalue weighted by Crippen LogP contribution is -2.05. The highest BCUT2D eigenvalue weighted by atomic mass is 19.4. The molecule has 0 saturated carbocycles. The average Bonchev–Trinajstić information content (AvgIpc) is 2.18. The molecule has 0 bridgehead atoms. The van der Waals surface area contributed by atoms with Crippen molar-refractivity contribution in [1.82, 2.24) is 0 Å². The minimum atomic E-state index is -4.25. The fourth-order valence-electron chi connectivity index (χ4n) is 1.19. The van der Waals surface area contributed by atoms with Gasteiger partial charge in [0.2, 0.25) is 0 Å². The Balaban J connectivity index is 2.57. The van der Waals surface area contributed by atoms with Crippen LogP contribution < -0.4 is 0 Å². The van der Waals surface area contributed by atoms with Crippen molar-refractivity contribution in [2.24, 2.45) is 0 Å². The van der Waals surface area contributed by atoms with Gasteiger partial charge >= 0.3 is 6.18 Å². The van der Waals surface area contributed by atoms with Crippen LogP contribution in [0.3, 0.4) is 0 Å². The molecule has 0 aliphatic rings. The summed E-state index contributed by atoms with van der Waals surface area (Å²) < 4.78 is 41.7. The van der Waals surface area contributed by atoms with E-state index in [1.165, 1.54) is 12.1 Å². The van der Waals surface area contributed by atoms with E-state index in [0.717, 1.165) is 17.7 Å². The topological polar surface area (TPSA) is 9.23 Å². The van der Waals surface area contributed by atoms with Crippen molar-refractivity contribution in [2.45, 2.75) is 19.5 Å². The zero-order valence-electron chi connectivity index (χ0n) is 8.47. The highest BCUT2D eigenvalue weighted by molar-refractivity contribution is 5.24. The molecule has 15 heavy (non-hydrogen) atoms. The molecule has 0 fully saturated rings. The first-order valence-corrected chi connectivity index (χ1v) is 4.78. The predicted octanol–water partition coefficient (Wildman–Crippen LogP) is 3.28. The molecule has 1 rings (SSSR count). The number of rotatable bonds is 4. The van der Waals surface area contributed by atoms with Crippen LogP contribution in [0.4, 0.5) is 13.2 Å². The molecular formula is C11H13F3O. The summed E-state index contributed by atoms with van der Waals surface area (Å²) in [7, 11) is 0. The molecule has 0 saturated heterocycles. The molecule has 1 nitrogen and oxygen atoms in total. The highest BCUT2D eigenvalue weighted by Gasteiger charge is 2.29. The zero-order chi connectivity index (χ0) is 11.3. The Kier molecular flexibility index (Phi) is 4.15. The highest BCUT2D eigenvalue weighted by Crippen LogP contribution is 2.29. The van der Waals surface area contributed by atoms with Gasteiger partial charge in [-0.3, -0.25) is 0 Å². The Bertz CT molecular complexity index is 290. The van der Waals surface area contributed by atoms with Crippen molar-refractivity contribution in [2.75, 3.05) is 13.2 Å². The number of alkyl halides is 3. The normalized spacial score (nSPS) is 11.7. The van der Waals surface area contributed by atoms with Crippen LogP contribution in [0.15, 0.2) is 24.3 Å². The summed E-state index contributed by atoms with van der Waals surface area (Å²) in [5.74, 6) is 0. The van der Waals surface area contributed by atoms with Gasteiger partial charge in [-0.2, -0.15) is 13.2 Å². The Labute approximate surface area is 86.9 Å². The van der Waals surface area contributed by atoms with Gasteiger partial charge in [0.25, 0.3) is 0 Å². The molecule has 1 aromatic carbocycles. The molecule has 0 spiro atoms. The van der Waals surface area contributed by atoms with Gasteiger partial charge in [0.05, 0.1) is 12.2 Å². The first-order chi connectivity index (χ1) is 7.04. The Hall–Kier alpha value is -1.03. The SMILES string of the molecule is CCOCCc1ccc(C(F)(F)F)cc1. The monoisotopic (exact) mass is 218 g/mol. The van der Waals surface area contributed by atoms with Crippen molar-refractivity contribution in [1.29, 1.82) is 0 Å². The van der Waals surface area contributed by atoms with E-state index in [9.17, 15) is 13.2 Å². The molecule has 4 heteroatoms. The summed E-state index contributed by atoms with van der Waals surface area (Å²) in [5.41, 5.74) is 0.249. The smallest absolute Gasteiger partial charge is 0.381 e. The number of halogens is 3. The van der Waals surface area contributed by atoms with Crippen LogP contribution in [0.5, 0.6) is 0 Å². The number of hydrogen-bond acceptors (Lipinski definition) is 1. The van der Waals surface area contributed by atoms with Crippen LogP contribution >= 0.6 is 0 Å². The van der Waals surface area contributed by atoms with Gasteiger partial charge < -0.3 is 4.74 Å². The fourth-order valence-corrected chi connectivity index (χ4v) is 1.19. The van der Waals surface area contributed by atoms with Gasteiger partial charge in [0.15, 0.2) is 0 Å². The van der Waals surface area contributed by atoms with E-state index in [0.29, 0.717) is 19.6 Å². The van der Waals surface area contributed by atoms with Crippen LogP contribution in [-0.2, 0) is 17.3 Å². The molecule has 0 heterocycles. The summed E-state index contributed by atoms with van der Waals surface area (Å²) in [6.45, 7) is 3.05. The molecular weight excluding hydrogens is 205 g/mol. The maximum absolute atomic E-state index is 12.2. The molecule has 0 N–H and O–H groups in total. The van der Waals surface area contributed by atoms with Gasteiger partial charge in [0, 0.05) is 6.61 Å². The Morgan fingerprint density at radius 1 is 1.13 bits per heavy atom. The lowest BCUT2D eigenvalue weighted by Gasteiger charge is -2.07.